The van der Waals surface area contributed by atoms with Gasteiger partial charge in [0.15, 0.2) is 11.4 Å². The van der Waals surface area contributed by atoms with Gasteiger partial charge in [-0.15, -0.1) is 0 Å². The molecule has 0 aromatic heterocycles. The van der Waals surface area contributed by atoms with Gasteiger partial charge in [0, 0.05) is 24.1 Å². The Morgan fingerprint density at radius 2 is 1.44 bits per heavy atom. The Balaban J connectivity index is 1.50. The number of ether oxygens (including phenoxy) is 1. The molecule has 1 saturated carbocycles. The highest BCUT2D eigenvalue weighted by atomic mass is 16.6. The number of nitrogens with zero attached hydrogens (tertiary/aromatic N) is 2. The fourth-order valence-electron chi connectivity index (χ4n) is 8.05. The van der Waals surface area contributed by atoms with Crippen molar-refractivity contribution < 1.29 is 14.3 Å². The van der Waals surface area contributed by atoms with E-state index in [0.29, 0.717) is 13.0 Å². The number of anilines is 1. The molecule has 5 heteroatoms. The molecule has 7 rings (SSSR count). The van der Waals surface area contributed by atoms with Crippen LogP contribution in [0.25, 0.3) is 0 Å². The zero-order valence-electron chi connectivity index (χ0n) is 19.7. The zero-order chi connectivity index (χ0) is 23.0. The molecule has 2 amide bonds. The molecular formula is C29H32N2O3. The second kappa shape index (κ2) is 7.17. The van der Waals surface area contributed by atoms with Gasteiger partial charge >= 0.3 is 0 Å². The molecule has 4 aliphatic heterocycles. The van der Waals surface area contributed by atoms with Crippen molar-refractivity contribution in [3.05, 3.63) is 65.2 Å². The summed E-state index contributed by atoms with van der Waals surface area (Å²) >= 11 is 0. The fourth-order valence-corrected chi connectivity index (χ4v) is 8.05. The van der Waals surface area contributed by atoms with Crippen molar-refractivity contribution in [1.29, 1.82) is 0 Å². The van der Waals surface area contributed by atoms with Crippen LogP contribution in [0.1, 0.15) is 92.1 Å². The second-order valence-electron chi connectivity index (χ2n) is 10.8. The Kier molecular flexibility index (Phi) is 4.37. The standard InChI is InChI=1S/C29H32N2O3/c32-25-17-5-3-1-2-4-12-20-30-26(33)21-13-6-7-14-22(21)29(30)27-18-10-11-19-28(27,34-29)31(25)24-16-9-8-15-23(24)27/h6-9,13-16H,1-5,10-12,17-20H2/t27-,28-,29-/m1/s1. The van der Waals surface area contributed by atoms with Gasteiger partial charge < -0.3 is 9.64 Å². The first-order chi connectivity index (χ1) is 16.7. The first-order valence-electron chi connectivity index (χ1n) is 13.2. The van der Waals surface area contributed by atoms with E-state index in [0.717, 1.165) is 81.0 Å². The highest BCUT2D eigenvalue weighted by Gasteiger charge is 2.86. The molecule has 0 radical (unpaired) electrons. The number of carbonyl (C=O) groups is 2. The number of amides is 2. The van der Waals surface area contributed by atoms with Gasteiger partial charge in [-0.25, -0.2) is 0 Å². The van der Waals surface area contributed by atoms with Crippen molar-refractivity contribution in [1.82, 2.24) is 4.90 Å². The lowest BCUT2D eigenvalue weighted by Crippen LogP contribution is -2.84. The highest BCUT2D eigenvalue weighted by Crippen LogP contribution is 2.77. The lowest BCUT2D eigenvalue weighted by molar-refractivity contribution is -0.396. The quantitative estimate of drug-likeness (QED) is 0.517. The normalized spacial score (nSPS) is 34.5. The number of rotatable bonds is 0. The van der Waals surface area contributed by atoms with Gasteiger partial charge in [-0.2, -0.15) is 0 Å². The molecule has 0 N–H and O–H groups in total. The molecule has 2 aromatic rings. The molecule has 1 aliphatic carbocycles. The Bertz CT molecular complexity index is 1190. The van der Waals surface area contributed by atoms with E-state index in [1.165, 1.54) is 5.56 Å². The van der Waals surface area contributed by atoms with Gasteiger partial charge in [0.1, 0.15) is 0 Å². The summed E-state index contributed by atoms with van der Waals surface area (Å²) in [6, 6.07) is 16.5. The summed E-state index contributed by atoms with van der Waals surface area (Å²) in [6.45, 7) is 0.696. The minimum absolute atomic E-state index is 0.0819. The summed E-state index contributed by atoms with van der Waals surface area (Å²) in [5.74, 6) is 0.255. The summed E-state index contributed by atoms with van der Waals surface area (Å²) in [4.78, 5) is 31.8. The first kappa shape index (κ1) is 20.7. The Morgan fingerprint density at radius 1 is 0.735 bits per heavy atom. The van der Waals surface area contributed by atoms with Gasteiger partial charge in [-0.1, -0.05) is 68.5 Å². The minimum atomic E-state index is -0.837. The summed E-state index contributed by atoms with van der Waals surface area (Å²) in [7, 11) is 0. The maximum atomic E-state index is 13.9. The van der Waals surface area contributed by atoms with Crippen LogP contribution in [0.4, 0.5) is 5.69 Å². The average molecular weight is 457 g/mol. The van der Waals surface area contributed by atoms with Crippen molar-refractivity contribution in [2.24, 2.45) is 0 Å². The van der Waals surface area contributed by atoms with Crippen LogP contribution in [0.5, 0.6) is 0 Å². The highest BCUT2D eigenvalue weighted by molar-refractivity contribution is 6.03. The van der Waals surface area contributed by atoms with Crippen molar-refractivity contribution in [3.8, 4) is 0 Å². The maximum absolute atomic E-state index is 13.9. The molecule has 2 saturated heterocycles. The molecular weight excluding hydrogens is 424 g/mol. The van der Waals surface area contributed by atoms with Crippen LogP contribution in [0.3, 0.4) is 0 Å². The van der Waals surface area contributed by atoms with Crippen LogP contribution in [0.15, 0.2) is 48.5 Å². The Morgan fingerprint density at radius 3 is 2.32 bits per heavy atom. The van der Waals surface area contributed by atoms with Gasteiger partial charge in [-0.3, -0.25) is 14.5 Å². The van der Waals surface area contributed by atoms with E-state index < -0.39 is 16.9 Å². The van der Waals surface area contributed by atoms with E-state index in [1.807, 2.05) is 29.2 Å². The third kappa shape index (κ3) is 2.21. The van der Waals surface area contributed by atoms with Crippen molar-refractivity contribution in [3.63, 3.8) is 0 Å². The third-order valence-corrected chi connectivity index (χ3v) is 9.26. The third-order valence-electron chi connectivity index (χ3n) is 9.26. The van der Waals surface area contributed by atoms with Crippen LogP contribution in [0.2, 0.25) is 0 Å². The lowest BCUT2D eigenvalue weighted by atomic mass is 9.53. The molecule has 4 heterocycles. The van der Waals surface area contributed by atoms with Crippen LogP contribution in [0, 0.1) is 0 Å². The zero-order valence-corrected chi connectivity index (χ0v) is 19.7. The van der Waals surface area contributed by atoms with Crippen LogP contribution in [-0.2, 0) is 20.7 Å². The number of para-hydroxylation sites is 1. The number of fused-ring (bicyclic) bond motifs is 3. The minimum Gasteiger partial charge on any atom is -0.323 e. The molecule has 2 spiro atoms. The molecule has 0 unspecified atom stereocenters. The molecule has 2 aromatic carbocycles. The van der Waals surface area contributed by atoms with Crippen molar-refractivity contribution >= 4 is 17.5 Å². The maximum Gasteiger partial charge on any atom is 0.256 e. The lowest BCUT2D eigenvalue weighted by Gasteiger charge is -2.71. The summed E-state index contributed by atoms with van der Waals surface area (Å²) in [5, 5.41) is 0. The second-order valence-corrected chi connectivity index (χ2v) is 10.8. The van der Waals surface area contributed by atoms with Crippen LogP contribution in [-0.4, -0.2) is 29.0 Å². The van der Waals surface area contributed by atoms with E-state index in [4.69, 9.17) is 4.74 Å². The topological polar surface area (TPSA) is 49.9 Å². The molecule has 3 fully saturated rings. The average Bonchev–Trinajstić information content (AvgIpc) is 3.23. The summed E-state index contributed by atoms with van der Waals surface area (Å²) < 4.78 is 7.22. The SMILES string of the molecule is O=C1CCCCCCCCN2C(=O)c3ccccc3[C@]23O[C@]24CCCC[C@@]23c2ccccc2N14. The van der Waals surface area contributed by atoms with E-state index in [-0.39, 0.29) is 11.8 Å². The monoisotopic (exact) mass is 456 g/mol. The van der Waals surface area contributed by atoms with Gasteiger partial charge in [0.2, 0.25) is 5.91 Å². The molecule has 176 valence electrons. The largest absolute Gasteiger partial charge is 0.323 e. The molecule has 3 atom stereocenters. The fraction of sp³-hybridized carbons (Fsp3) is 0.517. The Labute approximate surface area is 201 Å². The number of benzene rings is 2. The molecule has 5 aliphatic rings. The summed E-state index contributed by atoms with van der Waals surface area (Å²) in [6.07, 6.45) is 10.8. The van der Waals surface area contributed by atoms with Gasteiger partial charge in [-0.05, 0) is 49.8 Å². The van der Waals surface area contributed by atoms with E-state index in [9.17, 15) is 9.59 Å². The van der Waals surface area contributed by atoms with Crippen molar-refractivity contribution in [2.45, 2.75) is 87.5 Å². The molecule has 2 bridgehead atoms. The van der Waals surface area contributed by atoms with Gasteiger partial charge in [0.05, 0.1) is 11.1 Å². The number of hydrogen-bond donors (Lipinski definition) is 0. The number of carbonyl (C=O) groups excluding carboxylic acids is 2. The van der Waals surface area contributed by atoms with Crippen molar-refractivity contribution in [2.75, 3.05) is 11.4 Å². The molecule has 34 heavy (non-hydrogen) atoms. The summed E-state index contributed by atoms with van der Waals surface area (Å²) in [5.41, 5.74) is 1.98. The number of hydrogen-bond acceptors (Lipinski definition) is 3. The van der Waals surface area contributed by atoms with E-state index >= 15 is 0 Å². The van der Waals surface area contributed by atoms with Crippen LogP contribution < -0.4 is 4.90 Å². The smallest absolute Gasteiger partial charge is 0.256 e. The van der Waals surface area contributed by atoms with Gasteiger partial charge in [0.25, 0.3) is 5.91 Å². The van der Waals surface area contributed by atoms with Crippen LogP contribution >= 0.6 is 0 Å². The molecule has 5 nitrogen and oxygen atoms in total. The first-order valence-corrected chi connectivity index (χ1v) is 13.2. The Hall–Kier alpha value is -2.66. The van der Waals surface area contributed by atoms with E-state index in [1.54, 1.807) is 0 Å². The predicted molar refractivity (Wildman–Crippen MR) is 129 cm³/mol. The van der Waals surface area contributed by atoms with E-state index in [2.05, 4.69) is 29.2 Å². The predicted octanol–water partition coefficient (Wildman–Crippen LogP) is 5.62.